The Morgan fingerprint density at radius 2 is 1.50 bits per heavy atom. The Morgan fingerprint density at radius 1 is 0.923 bits per heavy atom. The molecule has 0 unspecified atom stereocenters. The van der Waals surface area contributed by atoms with Crippen LogP contribution < -0.4 is 20.1 Å². The number of nitrogens with one attached hydrogen (secondary N) is 2. The largest absolute Gasteiger partial charge is 0.494 e. The van der Waals surface area contributed by atoms with Crippen molar-refractivity contribution in [3.63, 3.8) is 0 Å². The lowest BCUT2D eigenvalue weighted by Gasteiger charge is -2.19. The zero-order chi connectivity index (χ0) is 19.0. The molecule has 2 N–H and O–H groups in total. The van der Waals surface area contributed by atoms with E-state index in [1.165, 1.54) is 5.56 Å². The van der Waals surface area contributed by atoms with Crippen LogP contribution in [-0.4, -0.2) is 25.8 Å². The zero-order valence-electron chi connectivity index (χ0n) is 16.0. The van der Waals surface area contributed by atoms with Crippen molar-refractivity contribution in [2.45, 2.75) is 33.1 Å². The summed E-state index contributed by atoms with van der Waals surface area (Å²) in [4.78, 5) is 11.9. The molecule has 5 heteroatoms. The van der Waals surface area contributed by atoms with E-state index >= 15 is 0 Å². The highest BCUT2D eigenvalue weighted by molar-refractivity contribution is 5.89. The van der Waals surface area contributed by atoms with Crippen LogP contribution in [0.4, 0.5) is 10.5 Å². The number of urea groups is 1. The highest BCUT2D eigenvalue weighted by atomic mass is 16.5. The molecule has 0 heterocycles. The number of carbonyl (C=O) groups is 1. The molecular formula is C21H28N2O3. The van der Waals surface area contributed by atoms with Crippen LogP contribution in [0.25, 0.3) is 0 Å². The maximum Gasteiger partial charge on any atom is 0.319 e. The van der Waals surface area contributed by atoms with Gasteiger partial charge in [-0.05, 0) is 54.3 Å². The molecule has 2 aromatic carbocycles. The van der Waals surface area contributed by atoms with E-state index in [0.29, 0.717) is 25.4 Å². The summed E-state index contributed by atoms with van der Waals surface area (Å²) in [6.45, 7) is 9.91. The number of rotatable bonds is 7. The van der Waals surface area contributed by atoms with Gasteiger partial charge in [-0.15, -0.1) is 0 Å². The summed E-state index contributed by atoms with van der Waals surface area (Å²) in [5.41, 5.74) is 2.10. The Balaban J connectivity index is 1.69. The molecule has 0 spiro atoms. The van der Waals surface area contributed by atoms with Crippen molar-refractivity contribution >= 4 is 11.7 Å². The maximum absolute atomic E-state index is 11.9. The molecule has 0 fully saturated rings. The van der Waals surface area contributed by atoms with Crippen molar-refractivity contribution in [1.82, 2.24) is 5.32 Å². The van der Waals surface area contributed by atoms with E-state index in [9.17, 15) is 4.79 Å². The first-order chi connectivity index (χ1) is 12.4. The first-order valence-electron chi connectivity index (χ1n) is 8.89. The highest BCUT2D eigenvalue weighted by Gasteiger charge is 2.12. The minimum absolute atomic E-state index is 0.124. The van der Waals surface area contributed by atoms with E-state index < -0.39 is 0 Å². The molecule has 0 bridgehead atoms. The lowest BCUT2D eigenvalue weighted by Crippen LogP contribution is -2.32. The zero-order valence-corrected chi connectivity index (χ0v) is 16.0. The van der Waals surface area contributed by atoms with Gasteiger partial charge >= 0.3 is 6.03 Å². The SMILES string of the molecule is CCOc1ccc(NC(=O)NCCOc2ccc(C(C)(C)C)cc2)cc1. The Kier molecular flexibility index (Phi) is 6.89. The van der Waals surface area contributed by atoms with E-state index in [2.05, 4.69) is 43.5 Å². The molecule has 26 heavy (non-hydrogen) atoms. The van der Waals surface area contributed by atoms with Crippen LogP contribution in [0.1, 0.15) is 33.3 Å². The van der Waals surface area contributed by atoms with Gasteiger partial charge in [-0.1, -0.05) is 32.9 Å². The average molecular weight is 356 g/mol. The fourth-order valence-corrected chi connectivity index (χ4v) is 2.36. The van der Waals surface area contributed by atoms with Crippen molar-refractivity contribution in [3.05, 3.63) is 54.1 Å². The summed E-state index contributed by atoms with van der Waals surface area (Å²) in [6.07, 6.45) is 0. The third kappa shape index (κ3) is 6.31. The Bertz CT molecular complexity index is 689. The van der Waals surface area contributed by atoms with Crippen molar-refractivity contribution < 1.29 is 14.3 Å². The Hall–Kier alpha value is -2.69. The molecule has 0 saturated heterocycles. The van der Waals surface area contributed by atoms with Crippen LogP contribution in [0.5, 0.6) is 11.5 Å². The summed E-state index contributed by atoms with van der Waals surface area (Å²) < 4.78 is 11.0. The van der Waals surface area contributed by atoms with Crippen LogP contribution >= 0.6 is 0 Å². The van der Waals surface area contributed by atoms with Gasteiger partial charge in [0, 0.05) is 5.69 Å². The average Bonchev–Trinajstić information content (AvgIpc) is 2.60. The third-order valence-corrected chi connectivity index (χ3v) is 3.80. The van der Waals surface area contributed by atoms with Gasteiger partial charge < -0.3 is 20.1 Å². The predicted molar refractivity (Wildman–Crippen MR) is 105 cm³/mol. The van der Waals surface area contributed by atoms with E-state index in [1.54, 1.807) is 12.1 Å². The topological polar surface area (TPSA) is 59.6 Å². The van der Waals surface area contributed by atoms with E-state index in [-0.39, 0.29) is 11.4 Å². The molecule has 2 rings (SSSR count). The predicted octanol–water partition coefficient (Wildman–Crippen LogP) is 4.58. The molecule has 0 aliphatic carbocycles. The van der Waals surface area contributed by atoms with Gasteiger partial charge in [-0.3, -0.25) is 0 Å². The maximum atomic E-state index is 11.9. The summed E-state index contributed by atoms with van der Waals surface area (Å²) in [6, 6.07) is 15.0. The third-order valence-electron chi connectivity index (χ3n) is 3.80. The quantitative estimate of drug-likeness (QED) is 0.714. The van der Waals surface area contributed by atoms with E-state index in [0.717, 1.165) is 11.5 Å². The number of hydrogen-bond acceptors (Lipinski definition) is 3. The summed E-state index contributed by atoms with van der Waals surface area (Å²) in [5, 5.41) is 5.54. The number of anilines is 1. The monoisotopic (exact) mass is 356 g/mol. The summed E-state index contributed by atoms with van der Waals surface area (Å²) in [7, 11) is 0. The van der Waals surface area contributed by atoms with Crippen molar-refractivity contribution in [1.29, 1.82) is 0 Å². The van der Waals surface area contributed by atoms with Crippen molar-refractivity contribution in [3.8, 4) is 11.5 Å². The Labute approximate surface area is 155 Å². The van der Waals surface area contributed by atoms with E-state index in [1.807, 2.05) is 31.2 Å². The van der Waals surface area contributed by atoms with Crippen LogP contribution in [0.2, 0.25) is 0 Å². The van der Waals surface area contributed by atoms with Crippen LogP contribution in [-0.2, 0) is 5.41 Å². The number of hydrogen-bond donors (Lipinski definition) is 2. The van der Waals surface area contributed by atoms with Crippen LogP contribution in [0.3, 0.4) is 0 Å². The van der Waals surface area contributed by atoms with Crippen LogP contribution in [0, 0.1) is 0 Å². The van der Waals surface area contributed by atoms with Crippen LogP contribution in [0.15, 0.2) is 48.5 Å². The van der Waals surface area contributed by atoms with Gasteiger partial charge in [0.1, 0.15) is 18.1 Å². The first-order valence-corrected chi connectivity index (χ1v) is 8.89. The molecule has 140 valence electrons. The second-order valence-corrected chi connectivity index (χ2v) is 6.96. The molecular weight excluding hydrogens is 328 g/mol. The van der Waals surface area contributed by atoms with Gasteiger partial charge in [0.2, 0.25) is 0 Å². The van der Waals surface area contributed by atoms with Gasteiger partial charge in [0.15, 0.2) is 0 Å². The minimum atomic E-state index is -0.263. The summed E-state index contributed by atoms with van der Waals surface area (Å²) >= 11 is 0. The molecule has 2 aromatic rings. The van der Waals surface area contributed by atoms with Crippen molar-refractivity contribution in [2.75, 3.05) is 25.1 Å². The molecule has 0 radical (unpaired) electrons. The molecule has 0 aromatic heterocycles. The lowest BCUT2D eigenvalue weighted by atomic mass is 9.87. The number of benzene rings is 2. The summed E-state index contributed by atoms with van der Waals surface area (Å²) in [5.74, 6) is 1.58. The minimum Gasteiger partial charge on any atom is -0.494 e. The second kappa shape index (κ2) is 9.13. The molecule has 0 aliphatic heterocycles. The fraction of sp³-hybridized carbons (Fsp3) is 0.381. The smallest absolute Gasteiger partial charge is 0.319 e. The van der Waals surface area contributed by atoms with Crippen molar-refractivity contribution in [2.24, 2.45) is 0 Å². The van der Waals surface area contributed by atoms with E-state index in [4.69, 9.17) is 9.47 Å². The van der Waals surface area contributed by atoms with Gasteiger partial charge in [0.05, 0.1) is 13.2 Å². The van der Waals surface area contributed by atoms with Gasteiger partial charge in [-0.25, -0.2) is 4.79 Å². The normalized spacial score (nSPS) is 10.9. The van der Waals surface area contributed by atoms with Gasteiger partial charge in [-0.2, -0.15) is 0 Å². The first kappa shape index (κ1) is 19.6. The fourth-order valence-electron chi connectivity index (χ4n) is 2.36. The second-order valence-electron chi connectivity index (χ2n) is 6.96. The number of ether oxygens (including phenoxy) is 2. The number of amides is 2. The highest BCUT2D eigenvalue weighted by Crippen LogP contribution is 2.24. The van der Waals surface area contributed by atoms with Gasteiger partial charge in [0.25, 0.3) is 0 Å². The number of carbonyl (C=O) groups excluding carboxylic acids is 1. The molecule has 2 amide bonds. The molecule has 0 aliphatic rings. The molecule has 5 nitrogen and oxygen atoms in total. The standard InChI is InChI=1S/C21H28N2O3/c1-5-25-18-12-8-17(9-13-18)23-20(24)22-14-15-26-19-10-6-16(7-11-19)21(2,3)4/h6-13H,5,14-15H2,1-4H3,(H2,22,23,24). The molecule has 0 atom stereocenters. The molecule has 0 saturated carbocycles. The lowest BCUT2D eigenvalue weighted by molar-refractivity contribution is 0.247. The Morgan fingerprint density at radius 3 is 2.08 bits per heavy atom.